The van der Waals surface area contributed by atoms with Crippen molar-refractivity contribution < 1.29 is 0 Å². The fourth-order valence-corrected chi connectivity index (χ4v) is 3.18. The summed E-state index contributed by atoms with van der Waals surface area (Å²) in [4.78, 5) is 2.33. The molecule has 1 aliphatic rings. The minimum atomic E-state index is 0.667. The number of hydrogen-bond acceptors (Lipinski definition) is 3. The van der Waals surface area contributed by atoms with E-state index in [1.807, 2.05) is 0 Å². The molecule has 0 bridgehead atoms. The number of nitrogens with one attached hydrogen (secondary N) is 1. The highest BCUT2D eigenvalue weighted by Gasteiger charge is 2.19. The third-order valence-corrected chi connectivity index (χ3v) is 4.14. The summed E-state index contributed by atoms with van der Waals surface area (Å²) in [7, 11) is 4.35. The molecule has 0 saturated carbocycles. The first-order valence-corrected chi connectivity index (χ1v) is 6.74. The van der Waals surface area contributed by atoms with Crippen LogP contribution >= 0.6 is 11.8 Å². The summed E-state index contributed by atoms with van der Waals surface area (Å²) in [5, 5.41) is 3.68. The molecule has 0 radical (unpaired) electrons. The number of thioether (sulfide) groups is 1. The second kappa shape index (κ2) is 5.99. The summed E-state index contributed by atoms with van der Waals surface area (Å²) >= 11 is 2.07. The topological polar surface area (TPSA) is 15.3 Å². The van der Waals surface area contributed by atoms with Crippen molar-refractivity contribution in [2.45, 2.75) is 32.4 Å². The summed E-state index contributed by atoms with van der Waals surface area (Å²) in [6.07, 6.45) is 1.35. The van der Waals surface area contributed by atoms with E-state index in [9.17, 15) is 0 Å². The average molecular weight is 216 g/mol. The van der Waals surface area contributed by atoms with Gasteiger partial charge in [-0.05, 0) is 32.2 Å². The number of nitrogens with zero attached hydrogens (tertiary/aromatic N) is 1. The molecule has 0 aromatic carbocycles. The Morgan fingerprint density at radius 1 is 1.43 bits per heavy atom. The molecule has 0 aliphatic carbocycles. The van der Waals surface area contributed by atoms with Crippen molar-refractivity contribution in [1.29, 1.82) is 0 Å². The fraction of sp³-hybridized carbons (Fsp3) is 1.00. The van der Waals surface area contributed by atoms with Crippen LogP contribution in [0.5, 0.6) is 0 Å². The van der Waals surface area contributed by atoms with Crippen LogP contribution in [0.15, 0.2) is 0 Å². The molecule has 1 heterocycles. The van der Waals surface area contributed by atoms with Gasteiger partial charge in [0, 0.05) is 24.4 Å². The highest BCUT2D eigenvalue weighted by atomic mass is 32.2. The zero-order valence-electron chi connectivity index (χ0n) is 9.92. The van der Waals surface area contributed by atoms with Gasteiger partial charge < -0.3 is 10.2 Å². The Bertz CT molecular complexity index is 145. The van der Waals surface area contributed by atoms with Gasteiger partial charge in [0.1, 0.15) is 0 Å². The molecular weight excluding hydrogens is 192 g/mol. The molecule has 1 saturated heterocycles. The Morgan fingerprint density at radius 3 is 2.57 bits per heavy atom. The van der Waals surface area contributed by atoms with Crippen molar-refractivity contribution >= 4 is 11.8 Å². The minimum absolute atomic E-state index is 0.667. The molecule has 1 rings (SSSR count). The molecule has 2 unspecified atom stereocenters. The van der Waals surface area contributed by atoms with Crippen LogP contribution in [0.4, 0.5) is 0 Å². The molecule has 1 aliphatic heterocycles. The lowest BCUT2D eigenvalue weighted by Gasteiger charge is -2.29. The van der Waals surface area contributed by atoms with Crippen molar-refractivity contribution in [3.8, 4) is 0 Å². The molecule has 0 aromatic heterocycles. The van der Waals surface area contributed by atoms with Crippen LogP contribution in [0, 0.1) is 5.92 Å². The van der Waals surface area contributed by atoms with Crippen LogP contribution in [-0.4, -0.2) is 49.1 Å². The van der Waals surface area contributed by atoms with Crippen molar-refractivity contribution in [2.75, 3.05) is 32.1 Å². The molecular formula is C11H24N2S. The summed E-state index contributed by atoms with van der Waals surface area (Å²) in [5.41, 5.74) is 0. The predicted octanol–water partition coefficient (Wildman–Crippen LogP) is 1.67. The second-order valence-electron chi connectivity index (χ2n) is 4.74. The zero-order chi connectivity index (χ0) is 10.6. The Labute approximate surface area is 92.8 Å². The van der Waals surface area contributed by atoms with Crippen molar-refractivity contribution in [3.63, 3.8) is 0 Å². The summed E-state index contributed by atoms with van der Waals surface area (Å²) in [6.45, 7) is 5.74. The monoisotopic (exact) mass is 216 g/mol. The molecule has 3 heteroatoms. The number of hydrogen-bond donors (Lipinski definition) is 1. The maximum atomic E-state index is 3.68. The zero-order valence-corrected chi connectivity index (χ0v) is 10.7. The van der Waals surface area contributed by atoms with Crippen LogP contribution < -0.4 is 5.32 Å². The second-order valence-corrected chi connectivity index (χ2v) is 5.89. The largest absolute Gasteiger partial charge is 0.312 e. The van der Waals surface area contributed by atoms with Gasteiger partial charge in [0.25, 0.3) is 0 Å². The molecule has 2 nitrogen and oxygen atoms in total. The quantitative estimate of drug-likeness (QED) is 0.752. The maximum Gasteiger partial charge on any atom is 0.0237 e. The molecule has 0 aromatic rings. The fourth-order valence-electron chi connectivity index (χ4n) is 2.00. The standard InChI is InChI=1S/C11H24N2S/c1-9(2)11(13(3)4)7-12-10-5-6-14-8-10/h9-12H,5-8H2,1-4H3. The van der Waals surface area contributed by atoms with E-state index in [4.69, 9.17) is 0 Å². The van der Waals surface area contributed by atoms with E-state index >= 15 is 0 Å². The van der Waals surface area contributed by atoms with Crippen LogP contribution in [0.3, 0.4) is 0 Å². The van der Waals surface area contributed by atoms with Crippen LogP contribution in [0.25, 0.3) is 0 Å². The van der Waals surface area contributed by atoms with E-state index < -0.39 is 0 Å². The number of likely N-dealkylation sites (N-methyl/N-ethyl adjacent to an activating group) is 1. The predicted molar refractivity (Wildman–Crippen MR) is 66.0 cm³/mol. The SMILES string of the molecule is CC(C)C(CNC1CCSC1)N(C)C. The molecule has 14 heavy (non-hydrogen) atoms. The van der Waals surface area contributed by atoms with E-state index in [0.29, 0.717) is 6.04 Å². The van der Waals surface area contributed by atoms with Crippen LogP contribution in [0.1, 0.15) is 20.3 Å². The van der Waals surface area contributed by atoms with Crippen LogP contribution in [0.2, 0.25) is 0 Å². The highest BCUT2D eigenvalue weighted by molar-refractivity contribution is 7.99. The average Bonchev–Trinajstić information content (AvgIpc) is 2.55. The Kier molecular flexibility index (Phi) is 5.28. The third-order valence-electron chi connectivity index (χ3n) is 2.98. The van der Waals surface area contributed by atoms with Gasteiger partial charge in [-0.1, -0.05) is 13.8 Å². The highest BCUT2D eigenvalue weighted by Crippen LogP contribution is 2.17. The van der Waals surface area contributed by atoms with E-state index in [0.717, 1.165) is 18.5 Å². The Morgan fingerprint density at radius 2 is 2.14 bits per heavy atom. The van der Waals surface area contributed by atoms with Gasteiger partial charge in [0.15, 0.2) is 0 Å². The van der Waals surface area contributed by atoms with Crippen LogP contribution in [-0.2, 0) is 0 Å². The lowest BCUT2D eigenvalue weighted by atomic mass is 10.0. The minimum Gasteiger partial charge on any atom is -0.312 e. The summed E-state index contributed by atoms with van der Waals surface area (Å²) in [5.74, 6) is 3.37. The summed E-state index contributed by atoms with van der Waals surface area (Å²) < 4.78 is 0. The van der Waals surface area contributed by atoms with Gasteiger partial charge in [-0.25, -0.2) is 0 Å². The molecule has 84 valence electrons. The first kappa shape index (κ1) is 12.3. The summed E-state index contributed by atoms with van der Waals surface area (Å²) in [6, 6.07) is 1.43. The Hall–Kier alpha value is 0.270. The Balaban J connectivity index is 2.25. The normalized spacial score (nSPS) is 24.9. The van der Waals surface area contributed by atoms with Gasteiger partial charge in [0.2, 0.25) is 0 Å². The van der Waals surface area contributed by atoms with Gasteiger partial charge in [0.05, 0.1) is 0 Å². The number of rotatable bonds is 5. The van der Waals surface area contributed by atoms with Crippen molar-refractivity contribution in [1.82, 2.24) is 10.2 Å². The lowest BCUT2D eigenvalue weighted by molar-refractivity contribution is 0.220. The lowest BCUT2D eigenvalue weighted by Crippen LogP contribution is -2.44. The molecule has 0 amide bonds. The van der Waals surface area contributed by atoms with Gasteiger partial charge >= 0.3 is 0 Å². The first-order valence-electron chi connectivity index (χ1n) is 5.58. The van der Waals surface area contributed by atoms with Gasteiger partial charge in [-0.15, -0.1) is 0 Å². The molecule has 2 atom stereocenters. The molecule has 1 N–H and O–H groups in total. The van der Waals surface area contributed by atoms with Gasteiger partial charge in [-0.2, -0.15) is 11.8 Å². The van der Waals surface area contributed by atoms with Crippen molar-refractivity contribution in [3.05, 3.63) is 0 Å². The molecule has 1 fully saturated rings. The van der Waals surface area contributed by atoms with E-state index in [2.05, 4.69) is 49.9 Å². The van der Waals surface area contributed by atoms with Gasteiger partial charge in [-0.3, -0.25) is 0 Å². The smallest absolute Gasteiger partial charge is 0.0237 e. The van der Waals surface area contributed by atoms with E-state index in [-0.39, 0.29) is 0 Å². The van der Waals surface area contributed by atoms with E-state index in [1.165, 1.54) is 17.9 Å². The third kappa shape index (κ3) is 3.79. The van der Waals surface area contributed by atoms with E-state index in [1.54, 1.807) is 0 Å². The molecule has 0 spiro atoms. The first-order chi connectivity index (χ1) is 6.61. The van der Waals surface area contributed by atoms with Crippen molar-refractivity contribution in [2.24, 2.45) is 5.92 Å². The maximum absolute atomic E-state index is 3.68.